The Morgan fingerprint density at radius 2 is 1.77 bits per heavy atom. The first-order chi connectivity index (χ1) is 14.3. The van der Waals surface area contributed by atoms with Gasteiger partial charge in [-0.15, -0.1) is 0 Å². The summed E-state index contributed by atoms with van der Waals surface area (Å²) in [5, 5.41) is 16.2. The topological polar surface area (TPSA) is 137 Å². The molecule has 30 heavy (non-hydrogen) atoms. The maximum absolute atomic E-state index is 11.6. The van der Waals surface area contributed by atoms with Crippen LogP contribution in [0.2, 0.25) is 5.02 Å². The summed E-state index contributed by atoms with van der Waals surface area (Å²) in [6.07, 6.45) is 0. The summed E-state index contributed by atoms with van der Waals surface area (Å²) >= 11 is 6.29. The Morgan fingerprint density at radius 3 is 2.33 bits per heavy atom. The minimum atomic E-state index is -3.81. The summed E-state index contributed by atoms with van der Waals surface area (Å²) in [4.78, 5) is 4.59. The van der Waals surface area contributed by atoms with Crippen molar-refractivity contribution in [2.75, 3.05) is 7.11 Å². The number of hydrogen-bond acceptors (Lipinski definition) is 7. The second kappa shape index (κ2) is 7.56. The van der Waals surface area contributed by atoms with Crippen molar-refractivity contribution in [3.63, 3.8) is 0 Å². The molecule has 0 atom stereocenters. The van der Waals surface area contributed by atoms with E-state index in [4.69, 9.17) is 25.9 Å². The Labute approximate surface area is 176 Å². The van der Waals surface area contributed by atoms with Crippen LogP contribution in [0, 0.1) is 6.92 Å². The average molecular weight is 446 g/mol. The number of oxazole rings is 1. The van der Waals surface area contributed by atoms with Crippen LogP contribution in [0.25, 0.3) is 34.2 Å². The molecule has 0 amide bonds. The number of rotatable bonds is 5. The van der Waals surface area contributed by atoms with Gasteiger partial charge in [0.05, 0.1) is 22.7 Å². The summed E-state index contributed by atoms with van der Waals surface area (Å²) in [5.41, 5.74) is 2.86. The lowest BCUT2D eigenvalue weighted by molar-refractivity contribution is 0.415. The summed E-state index contributed by atoms with van der Waals surface area (Å²) < 4.78 is 34.3. The zero-order chi connectivity index (χ0) is 21.5. The van der Waals surface area contributed by atoms with E-state index < -0.39 is 10.0 Å². The summed E-state index contributed by atoms with van der Waals surface area (Å²) in [6.45, 7) is 1.77. The highest BCUT2D eigenvalue weighted by Crippen LogP contribution is 2.38. The minimum Gasteiger partial charge on any atom is -0.495 e. The highest BCUT2D eigenvalue weighted by molar-refractivity contribution is 7.89. The number of nitrogens with zero attached hydrogens (tertiary/aromatic N) is 3. The summed E-state index contributed by atoms with van der Waals surface area (Å²) in [7, 11) is -2.28. The van der Waals surface area contributed by atoms with Crippen LogP contribution >= 0.6 is 11.6 Å². The maximum atomic E-state index is 11.6. The van der Waals surface area contributed by atoms with Crippen LogP contribution in [0.5, 0.6) is 5.75 Å². The van der Waals surface area contributed by atoms with Crippen molar-refractivity contribution < 1.29 is 17.6 Å². The number of benzene rings is 2. The molecule has 0 aliphatic rings. The highest BCUT2D eigenvalue weighted by Gasteiger charge is 2.22. The fourth-order valence-electron chi connectivity index (χ4n) is 2.91. The van der Waals surface area contributed by atoms with Gasteiger partial charge in [-0.3, -0.25) is 0 Å². The van der Waals surface area contributed by atoms with E-state index in [0.29, 0.717) is 44.7 Å². The standard InChI is InChI=1S/C19H16ClN5O4S/c1-10-16(24-25-23-10)19-22-17(12-5-8-15(28-2)14(20)9-12)18(29-19)11-3-6-13(7-4-11)30(21,26)27/h3-9H,1-2H3,(H2,21,26,27)(H,23,24,25). The van der Waals surface area contributed by atoms with Crippen LogP contribution in [0.15, 0.2) is 51.8 Å². The Bertz CT molecular complexity index is 1330. The number of ether oxygens (including phenoxy) is 1. The number of hydrogen-bond donors (Lipinski definition) is 2. The van der Waals surface area contributed by atoms with Crippen LogP contribution < -0.4 is 9.88 Å². The number of H-pyrrole nitrogens is 1. The van der Waals surface area contributed by atoms with Gasteiger partial charge in [0.1, 0.15) is 11.4 Å². The highest BCUT2D eigenvalue weighted by atomic mass is 35.5. The molecule has 4 rings (SSSR count). The molecule has 3 N–H and O–H groups in total. The third-order valence-corrected chi connectivity index (χ3v) is 5.65. The van der Waals surface area contributed by atoms with Crippen LogP contribution in [-0.4, -0.2) is 35.9 Å². The number of halogens is 1. The van der Waals surface area contributed by atoms with Gasteiger partial charge < -0.3 is 9.15 Å². The van der Waals surface area contributed by atoms with E-state index in [9.17, 15) is 8.42 Å². The number of aryl methyl sites for hydroxylation is 1. The molecule has 0 saturated heterocycles. The molecule has 11 heteroatoms. The molecular weight excluding hydrogens is 430 g/mol. The predicted octanol–water partition coefficient (Wildman–Crippen LogP) is 3.41. The normalized spacial score (nSPS) is 11.6. The van der Waals surface area contributed by atoms with Gasteiger partial charge in [0, 0.05) is 11.1 Å². The fraction of sp³-hybridized carbons (Fsp3) is 0.105. The average Bonchev–Trinajstić information content (AvgIpc) is 3.33. The SMILES string of the molecule is COc1ccc(-c2nc(-c3n[nH]nc3C)oc2-c2ccc(S(N)(=O)=O)cc2)cc1Cl. The zero-order valence-electron chi connectivity index (χ0n) is 15.9. The lowest BCUT2D eigenvalue weighted by Gasteiger charge is -2.06. The van der Waals surface area contributed by atoms with Crippen molar-refractivity contribution in [2.45, 2.75) is 11.8 Å². The van der Waals surface area contributed by atoms with E-state index in [1.807, 2.05) is 0 Å². The van der Waals surface area contributed by atoms with E-state index >= 15 is 0 Å². The van der Waals surface area contributed by atoms with Crippen molar-refractivity contribution in [1.82, 2.24) is 20.4 Å². The van der Waals surface area contributed by atoms with Crippen LogP contribution in [0.4, 0.5) is 0 Å². The second-order valence-electron chi connectivity index (χ2n) is 6.37. The quantitative estimate of drug-likeness (QED) is 0.480. The number of nitrogens with one attached hydrogen (secondary N) is 1. The molecule has 0 fully saturated rings. The third-order valence-electron chi connectivity index (χ3n) is 4.42. The molecule has 0 aliphatic heterocycles. The van der Waals surface area contributed by atoms with Crippen molar-refractivity contribution in [2.24, 2.45) is 5.14 Å². The number of sulfonamides is 1. The van der Waals surface area contributed by atoms with Crippen LogP contribution in [0.3, 0.4) is 0 Å². The number of methoxy groups -OCH3 is 1. The zero-order valence-corrected chi connectivity index (χ0v) is 17.5. The van der Waals surface area contributed by atoms with Gasteiger partial charge in [-0.25, -0.2) is 18.5 Å². The van der Waals surface area contributed by atoms with E-state index in [1.54, 1.807) is 37.3 Å². The number of aromatic nitrogens is 4. The second-order valence-corrected chi connectivity index (χ2v) is 8.34. The molecule has 0 radical (unpaired) electrons. The van der Waals surface area contributed by atoms with E-state index in [0.717, 1.165) is 0 Å². The lowest BCUT2D eigenvalue weighted by Crippen LogP contribution is -2.11. The van der Waals surface area contributed by atoms with Crippen molar-refractivity contribution in [3.05, 3.63) is 53.2 Å². The molecule has 154 valence electrons. The smallest absolute Gasteiger partial charge is 0.250 e. The number of aromatic amines is 1. The molecule has 2 aromatic carbocycles. The predicted molar refractivity (Wildman–Crippen MR) is 110 cm³/mol. The minimum absolute atomic E-state index is 0.00706. The van der Waals surface area contributed by atoms with Crippen molar-refractivity contribution >= 4 is 21.6 Å². The molecule has 0 aliphatic carbocycles. The van der Waals surface area contributed by atoms with Crippen molar-refractivity contribution in [3.8, 4) is 39.9 Å². The molecule has 0 unspecified atom stereocenters. The van der Waals surface area contributed by atoms with Gasteiger partial charge in [0.15, 0.2) is 11.5 Å². The van der Waals surface area contributed by atoms with Crippen LogP contribution in [0.1, 0.15) is 5.69 Å². The summed E-state index contributed by atoms with van der Waals surface area (Å²) in [5.74, 6) is 1.19. The molecule has 0 spiro atoms. The first kappa shape index (κ1) is 20.1. The van der Waals surface area contributed by atoms with E-state index in [1.165, 1.54) is 19.2 Å². The first-order valence-corrected chi connectivity index (χ1v) is 10.6. The molecule has 2 aromatic heterocycles. The number of primary sulfonamides is 1. The Kier molecular flexibility index (Phi) is 5.06. The molecule has 0 bridgehead atoms. The van der Waals surface area contributed by atoms with Gasteiger partial charge in [-0.05, 0) is 49.4 Å². The maximum Gasteiger partial charge on any atom is 0.250 e. The molecular formula is C19H16ClN5O4S. The molecule has 2 heterocycles. The largest absolute Gasteiger partial charge is 0.495 e. The lowest BCUT2D eigenvalue weighted by atomic mass is 10.1. The van der Waals surface area contributed by atoms with E-state index in [2.05, 4.69) is 20.4 Å². The summed E-state index contributed by atoms with van der Waals surface area (Å²) in [6, 6.07) is 11.2. The van der Waals surface area contributed by atoms with Gasteiger partial charge in [0.25, 0.3) is 0 Å². The van der Waals surface area contributed by atoms with Crippen LogP contribution in [-0.2, 0) is 10.0 Å². The Morgan fingerprint density at radius 1 is 1.07 bits per heavy atom. The van der Waals surface area contributed by atoms with Gasteiger partial charge in [-0.2, -0.15) is 15.4 Å². The van der Waals surface area contributed by atoms with Gasteiger partial charge in [0.2, 0.25) is 15.9 Å². The Hall–Kier alpha value is -3.21. The first-order valence-electron chi connectivity index (χ1n) is 8.63. The number of nitrogens with two attached hydrogens (primary N) is 1. The van der Waals surface area contributed by atoms with Gasteiger partial charge in [-0.1, -0.05) is 11.6 Å². The fourth-order valence-corrected chi connectivity index (χ4v) is 3.68. The molecule has 0 saturated carbocycles. The monoisotopic (exact) mass is 445 g/mol. The molecule has 4 aromatic rings. The third kappa shape index (κ3) is 3.67. The Balaban J connectivity index is 1.89. The van der Waals surface area contributed by atoms with Gasteiger partial charge >= 0.3 is 0 Å². The van der Waals surface area contributed by atoms with Crippen molar-refractivity contribution in [1.29, 1.82) is 0 Å². The van der Waals surface area contributed by atoms with E-state index in [-0.39, 0.29) is 10.8 Å². The molecule has 9 nitrogen and oxygen atoms in total.